The summed E-state index contributed by atoms with van der Waals surface area (Å²) in [6, 6.07) is 0.392. The van der Waals surface area contributed by atoms with Gasteiger partial charge in [-0.25, -0.2) is 0 Å². The van der Waals surface area contributed by atoms with Gasteiger partial charge < -0.3 is 15.1 Å². The molecule has 2 heterocycles. The lowest BCUT2D eigenvalue weighted by molar-refractivity contribution is -0.130. The van der Waals surface area contributed by atoms with Crippen LogP contribution in [0.15, 0.2) is 0 Å². The number of nitrogens with zero attached hydrogens (tertiary/aromatic N) is 2. The minimum absolute atomic E-state index is 0.349. The van der Waals surface area contributed by atoms with Crippen LogP contribution in [0.25, 0.3) is 0 Å². The largest absolute Gasteiger partial charge is 0.342 e. The van der Waals surface area contributed by atoms with Gasteiger partial charge in [-0.15, -0.1) is 0 Å². The maximum Gasteiger partial charge on any atom is 0.224 e. The highest BCUT2D eigenvalue weighted by Crippen LogP contribution is 2.19. The highest BCUT2D eigenvalue weighted by Gasteiger charge is 2.28. The lowest BCUT2D eigenvalue weighted by Gasteiger charge is -2.25. The quantitative estimate of drug-likeness (QED) is 0.813. The van der Waals surface area contributed by atoms with Crippen molar-refractivity contribution in [2.75, 3.05) is 51.3 Å². The van der Waals surface area contributed by atoms with Crippen LogP contribution in [-0.4, -0.2) is 73.0 Å². The number of amides is 1. The van der Waals surface area contributed by atoms with Crippen LogP contribution in [0.3, 0.4) is 0 Å². The van der Waals surface area contributed by atoms with E-state index in [0.717, 1.165) is 38.5 Å². The number of carbonyl (C=O) groups is 1. The first kappa shape index (κ1) is 15.1. The fraction of sp³-hybridized carbons (Fsp3) is 0.929. The Morgan fingerprint density at radius 2 is 2.37 bits per heavy atom. The molecule has 2 aliphatic heterocycles. The van der Waals surface area contributed by atoms with Gasteiger partial charge in [0.15, 0.2) is 0 Å². The average molecular weight is 285 g/mol. The maximum atomic E-state index is 12.3. The molecule has 0 aromatic heterocycles. The van der Waals surface area contributed by atoms with Crippen LogP contribution in [-0.2, 0) is 4.79 Å². The topological polar surface area (TPSA) is 35.6 Å². The van der Waals surface area contributed by atoms with Crippen molar-refractivity contribution in [1.82, 2.24) is 15.1 Å². The van der Waals surface area contributed by atoms with E-state index in [9.17, 15) is 4.79 Å². The Morgan fingerprint density at radius 3 is 3.05 bits per heavy atom. The zero-order valence-corrected chi connectivity index (χ0v) is 13.0. The third-order valence-electron chi connectivity index (χ3n) is 4.17. The van der Waals surface area contributed by atoms with Crippen molar-refractivity contribution in [1.29, 1.82) is 0 Å². The molecule has 0 spiro atoms. The van der Waals surface area contributed by atoms with Crippen molar-refractivity contribution in [2.24, 2.45) is 5.92 Å². The zero-order valence-electron chi connectivity index (χ0n) is 12.2. The van der Waals surface area contributed by atoms with E-state index in [0.29, 0.717) is 24.3 Å². The molecule has 0 aromatic rings. The smallest absolute Gasteiger partial charge is 0.224 e. The average Bonchev–Trinajstić information content (AvgIpc) is 2.88. The van der Waals surface area contributed by atoms with Crippen molar-refractivity contribution in [3.63, 3.8) is 0 Å². The Kier molecular flexibility index (Phi) is 5.98. The molecule has 5 heteroatoms. The molecular weight excluding hydrogens is 258 g/mol. The van der Waals surface area contributed by atoms with Gasteiger partial charge in [-0.2, -0.15) is 11.8 Å². The number of hydrogen-bond acceptors (Lipinski definition) is 4. The number of rotatable bonds is 5. The van der Waals surface area contributed by atoms with E-state index in [4.69, 9.17) is 0 Å². The van der Waals surface area contributed by atoms with Crippen molar-refractivity contribution < 1.29 is 4.79 Å². The standard InChI is InChI=1S/C14H27N3OS/c1-3-16(2)9-12-4-6-17(10-12)14(18)8-13-11-19-7-5-15-13/h12-13,15H,3-11H2,1-2H3. The summed E-state index contributed by atoms with van der Waals surface area (Å²) in [6.07, 6.45) is 1.85. The first-order valence-electron chi connectivity index (χ1n) is 7.46. The number of nitrogens with one attached hydrogen (secondary N) is 1. The van der Waals surface area contributed by atoms with Crippen LogP contribution in [0.4, 0.5) is 0 Å². The van der Waals surface area contributed by atoms with Gasteiger partial charge in [-0.1, -0.05) is 6.92 Å². The van der Waals surface area contributed by atoms with Crippen molar-refractivity contribution in [2.45, 2.75) is 25.8 Å². The van der Waals surface area contributed by atoms with Gasteiger partial charge in [-0.3, -0.25) is 4.79 Å². The predicted molar refractivity (Wildman–Crippen MR) is 81.6 cm³/mol. The molecule has 2 atom stereocenters. The third-order valence-corrected chi connectivity index (χ3v) is 5.30. The maximum absolute atomic E-state index is 12.3. The Bertz CT molecular complexity index is 294. The molecule has 19 heavy (non-hydrogen) atoms. The fourth-order valence-corrected chi connectivity index (χ4v) is 3.82. The van der Waals surface area contributed by atoms with E-state index in [2.05, 4.69) is 29.1 Å². The highest BCUT2D eigenvalue weighted by atomic mass is 32.2. The van der Waals surface area contributed by atoms with Crippen molar-refractivity contribution in [3.05, 3.63) is 0 Å². The predicted octanol–water partition coefficient (Wildman–Crippen LogP) is 0.882. The zero-order chi connectivity index (χ0) is 13.7. The summed E-state index contributed by atoms with van der Waals surface area (Å²) in [7, 11) is 2.16. The van der Waals surface area contributed by atoms with Crippen LogP contribution in [0.2, 0.25) is 0 Å². The molecule has 2 fully saturated rings. The van der Waals surface area contributed by atoms with Crippen LogP contribution < -0.4 is 5.32 Å². The van der Waals surface area contributed by atoms with E-state index in [1.807, 2.05) is 11.8 Å². The second kappa shape index (κ2) is 7.50. The molecule has 0 aliphatic carbocycles. The third kappa shape index (κ3) is 4.65. The molecule has 0 radical (unpaired) electrons. The van der Waals surface area contributed by atoms with Crippen LogP contribution in [0, 0.1) is 5.92 Å². The summed E-state index contributed by atoms with van der Waals surface area (Å²) in [5, 5.41) is 3.45. The van der Waals surface area contributed by atoms with E-state index in [1.54, 1.807) is 0 Å². The molecule has 1 N–H and O–H groups in total. The van der Waals surface area contributed by atoms with Gasteiger partial charge in [0.2, 0.25) is 5.91 Å². The van der Waals surface area contributed by atoms with Gasteiger partial charge in [0.1, 0.15) is 0 Å². The summed E-state index contributed by atoms with van der Waals surface area (Å²) >= 11 is 1.96. The summed E-state index contributed by atoms with van der Waals surface area (Å²) in [6.45, 7) is 7.37. The molecule has 2 aliphatic rings. The fourth-order valence-electron chi connectivity index (χ4n) is 2.87. The number of carbonyl (C=O) groups excluding carboxylic acids is 1. The lowest BCUT2D eigenvalue weighted by atomic mass is 10.1. The van der Waals surface area contributed by atoms with Crippen LogP contribution in [0.5, 0.6) is 0 Å². The van der Waals surface area contributed by atoms with E-state index in [-0.39, 0.29) is 0 Å². The molecule has 110 valence electrons. The first-order chi connectivity index (χ1) is 9.19. The molecule has 2 rings (SSSR count). The molecule has 0 bridgehead atoms. The van der Waals surface area contributed by atoms with E-state index >= 15 is 0 Å². The summed E-state index contributed by atoms with van der Waals surface area (Å²) in [5.41, 5.74) is 0. The second-order valence-electron chi connectivity index (χ2n) is 5.78. The van der Waals surface area contributed by atoms with E-state index < -0.39 is 0 Å². The number of likely N-dealkylation sites (tertiary alicyclic amines) is 1. The van der Waals surface area contributed by atoms with Crippen LogP contribution >= 0.6 is 11.8 Å². The number of thioether (sulfide) groups is 1. The summed E-state index contributed by atoms with van der Waals surface area (Å²) < 4.78 is 0. The molecule has 1 amide bonds. The second-order valence-corrected chi connectivity index (χ2v) is 6.93. The van der Waals surface area contributed by atoms with Crippen molar-refractivity contribution in [3.8, 4) is 0 Å². The van der Waals surface area contributed by atoms with Gasteiger partial charge in [0.25, 0.3) is 0 Å². The van der Waals surface area contributed by atoms with Crippen molar-refractivity contribution >= 4 is 17.7 Å². The van der Waals surface area contributed by atoms with Gasteiger partial charge in [0.05, 0.1) is 0 Å². The molecule has 4 nitrogen and oxygen atoms in total. The Hall–Kier alpha value is -0.260. The SMILES string of the molecule is CCN(C)CC1CCN(C(=O)CC2CSCCN2)C1. The monoisotopic (exact) mass is 285 g/mol. The Morgan fingerprint density at radius 1 is 1.53 bits per heavy atom. The number of hydrogen-bond donors (Lipinski definition) is 1. The molecule has 2 saturated heterocycles. The summed E-state index contributed by atoms with van der Waals surface area (Å²) in [4.78, 5) is 16.7. The molecule has 0 saturated carbocycles. The Labute approximate surface area is 121 Å². The highest BCUT2D eigenvalue weighted by molar-refractivity contribution is 7.99. The van der Waals surface area contributed by atoms with Gasteiger partial charge in [0, 0.05) is 50.1 Å². The minimum atomic E-state index is 0.349. The molecular formula is C14H27N3OS. The molecule has 2 unspecified atom stereocenters. The molecule has 0 aromatic carbocycles. The first-order valence-corrected chi connectivity index (χ1v) is 8.62. The lowest BCUT2D eigenvalue weighted by Crippen LogP contribution is -2.42. The minimum Gasteiger partial charge on any atom is -0.342 e. The van der Waals surface area contributed by atoms with E-state index in [1.165, 1.54) is 12.2 Å². The van der Waals surface area contributed by atoms with Gasteiger partial charge in [-0.05, 0) is 25.9 Å². The summed E-state index contributed by atoms with van der Waals surface area (Å²) in [5.74, 6) is 3.28. The van der Waals surface area contributed by atoms with Gasteiger partial charge >= 0.3 is 0 Å². The Balaban J connectivity index is 1.71. The normalized spacial score (nSPS) is 28.1. The van der Waals surface area contributed by atoms with Crippen LogP contribution in [0.1, 0.15) is 19.8 Å².